The van der Waals surface area contributed by atoms with E-state index in [-0.39, 0.29) is 19.3 Å². The van der Waals surface area contributed by atoms with E-state index in [4.69, 9.17) is 14.2 Å². The van der Waals surface area contributed by atoms with Gasteiger partial charge in [-0.2, -0.15) is 0 Å². The second-order valence-electron chi connectivity index (χ2n) is 7.05. The molecule has 0 radical (unpaired) electrons. The van der Waals surface area contributed by atoms with E-state index in [2.05, 4.69) is 11.4 Å². The zero-order valence-electron chi connectivity index (χ0n) is 16.9. The van der Waals surface area contributed by atoms with Crippen LogP contribution in [0, 0.1) is 13.8 Å². The van der Waals surface area contributed by atoms with Gasteiger partial charge in [0.05, 0.1) is 19.3 Å². The molecule has 0 saturated carbocycles. The van der Waals surface area contributed by atoms with E-state index in [0.29, 0.717) is 28.4 Å². The van der Waals surface area contributed by atoms with Gasteiger partial charge < -0.3 is 24.6 Å². The first-order chi connectivity index (χ1) is 14.0. The SMILES string of the molecule is CNC(=O)c1c(CO)c(OC)c2cc(C)c(C)cc2c1-c1ccc2c(c1)OCO2. The van der Waals surface area contributed by atoms with Gasteiger partial charge in [0.25, 0.3) is 5.91 Å². The highest BCUT2D eigenvalue weighted by Crippen LogP contribution is 2.45. The van der Waals surface area contributed by atoms with Gasteiger partial charge in [0.15, 0.2) is 11.5 Å². The van der Waals surface area contributed by atoms with Crippen molar-refractivity contribution in [3.63, 3.8) is 0 Å². The number of fused-ring (bicyclic) bond motifs is 2. The summed E-state index contributed by atoms with van der Waals surface area (Å²) in [6, 6.07) is 9.69. The highest BCUT2D eigenvalue weighted by atomic mass is 16.7. The lowest BCUT2D eigenvalue weighted by Gasteiger charge is -2.21. The highest BCUT2D eigenvalue weighted by Gasteiger charge is 2.26. The first-order valence-electron chi connectivity index (χ1n) is 9.36. The summed E-state index contributed by atoms with van der Waals surface area (Å²) in [7, 11) is 3.13. The molecule has 0 spiro atoms. The first-order valence-corrected chi connectivity index (χ1v) is 9.36. The van der Waals surface area contributed by atoms with Crippen molar-refractivity contribution in [1.29, 1.82) is 0 Å². The van der Waals surface area contributed by atoms with E-state index >= 15 is 0 Å². The fraction of sp³-hybridized carbons (Fsp3) is 0.261. The van der Waals surface area contributed by atoms with E-state index in [1.54, 1.807) is 14.2 Å². The predicted octanol–water partition coefficient (Wildman–Crippen LogP) is 3.71. The Labute approximate surface area is 169 Å². The number of aryl methyl sites for hydroxylation is 2. The van der Waals surface area contributed by atoms with Gasteiger partial charge >= 0.3 is 0 Å². The maximum Gasteiger partial charge on any atom is 0.252 e. The minimum absolute atomic E-state index is 0.171. The Morgan fingerprint density at radius 3 is 2.45 bits per heavy atom. The number of nitrogens with one attached hydrogen (secondary N) is 1. The fourth-order valence-corrected chi connectivity index (χ4v) is 3.88. The van der Waals surface area contributed by atoms with E-state index < -0.39 is 0 Å². The lowest BCUT2D eigenvalue weighted by Crippen LogP contribution is -2.21. The molecule has 1 heterocycles. The Balaban J connectivity index is 2.18. The molecule has 0 aromatic heterocycles. The molecule has 1 aliphatic rings. The molecule has 0 fully saturated rings. The topological polar surface area (TPSA) is 77.0 Å². The Morgan fingerprint density at radius 1 is 1.10 bits per heavy atom. The van der Waals surface area contributed by atoms with E-state index in [0.717, 1.165) is 33.0 Å². The molecule has 6 nitrogen and oxygen atoms in total. The number of ether oxygens (including phenoxy) is 3. The number of methoxy groups -OCH3 is 1. The van der Waals surface area contributed by atoms with Gasteiger partial charge in [-0.3, -0.25) is 4.79 Å². The molecular weight excluding hydrogens is 370 g/mol. The third-order valence-corrected chi connectivity index (χ3v) is 5.45. The number of hydrogen-bond donors (Lipinski definition) is 2. The molecule has 0 saturated heterocycles. The Bertz CT molecular complexity index is 1140. The Morgan fingerprint density at radius 2 is 1.79 bits per heavy atom. The minimum atomic E-state index is -0.327. The number of carbonyl (C=O) groups excluding carboxylic acids is 1. The van der Waals surface area contributed by atoms with Crippen molar-refractivity contribution in [1.82, 2.24) is 5.32 Å². The standard InChI is InChI=1S/C23H23NO5/c1-12-7-15-16(8-13(12)2)22(27-4)17(10-25)21(23(26)24-3)20(15)14-5-6-18-19(9-14)29-11-28-18/h5-9,25H,10-11H2,1-4H3,(H,24,26). The van der Waals surface area contributed by atoms with Crippen LogP contribution >= 0.6 is 0 Å². The molecule has 0 aliphatic carbocycles. The fourth-order valence-electron chi connectivity index (χ4n) is 3.88. The molecule has 150 valence electrons. The van der Waals surface area contributed by atoms with Gasteiger partial charge in [0.2, 0.25) is 6.79 Å². The summed E-state index contributed by atoms with van der Waals surface area (Å²) in [4.78, 5) is 13.0. The quantitative estimate of drug-likeness (QED) is 0.707. The molecule has 0 bridgehead atoms. The summed E-state index contributed by atoms with van der Waals surface area (Å²) in [6.07, 6.45) is 0. The average molecular weight is 393 g/mol. The van der Waals surface area contributed by atoms with Gasteiger partial charge in [0.1, 0.15) is 5.75 Å². The molecule has 6 heteroatoms. The molecule has 1 aliphatic heterocycles. The van der Waals surface area contributed by atoms with Crippen LogP contribution in [0.4, 0.5) is 0 Å². The van der Waals surface area contributed by atoms with Crippen LogP contribution in [0.25, 0.3) is 21.9 Å². The summed E-state index contributed by atoms with van der Waals surface area (Å²) in [6.45, 7) is 3.90. The third-order valence-electron chi connectivity index (χ3n) is 5.45. The van der Waals surface area contributed by atoms with Crippen LogP contribution in [-0.4, -0.2) is 32.0 Å². The zero-order valence-corrected chi connectivity index (χ0v) is 16.9. The molecule has 3 aromatic rings. The van der Waals surface area contributed by atoms with Crippen molar-refractivity contribution >= 4 is 16.7 Å². The van der Waals surface area contributed by atoms with E-state index in [1.807, 2.05) is 38.1 Å². The van der Waals surface area contributed by atoms with Crippen LogP contribution in [0.5, 0.6) is 17.2 Å². The second kappa shape index (κ2) is 7.29. The number of carbonyl (C=O) groups is 1. The zero-order chi connectivity index (χ0) is 20.7. The van der Waals surface area contributed by atoms with Crippen LogP contribution in [0.1, 0.15) is 27.0 Å². The number of aliphatic hydroxyl groups is 1. The number of rotatable bonds is 4. The maximum absolute atomic E-state index is 13.0. The van der Waals surface area contributed by atoms with Gasteiger partial charge in [-0.05, 0) is 54.1 Å². The summed E-state index contributed by atoms with van der Waals surface area (Å²) in [5.41, 5.74) is 4.57. The lowest BCUT2D eigenvalue weighted by atomic mass is 9.86. The number of benzene rings is 3. The Kier molecular flexibility index (Phi) is 4.80. The summed E-state index contributed by atoms with van der Waals surface area (Å²) >= 11 is 0. The Hall–Kier alpha value is -3.25. The van der Waals surface area contributed by atoms with Crippen LogP contribution in [0.2, 0.25) is 0 Å². The van der Waals surface area contributed by atoms with E-state index in [1.165, 1.54) is 0 Å². The number of amides is 1. The maximum atomic E-state index is 13.0. The van der Waals surface area contributed by atoms with Gasteiger partial charge in [0, 0.05) is 23.6 Å². The van der Waals surface area contributed by atoms with Gasteiger partial charge in [-0.25, -0.2) is 0 Å². The normalized spacial score (nSPS) is 12.3. The molecule has 0 unspecified atom stereocenters. The summed E-state index contributed by atoms with van der Waals surface area (Å²) in [5, 5.41) is 14.6. The second-order valence-corrected chi connectivity index (χ2v) is 7.05. The summed E-state index contributed by atoms with van der Waals surface area (Å²) in [5.74, 6) is 1.51. The third kappa shape index (κ3) is 2.96. The average Bonchev–Trinajstić information content (AvgIpc) is 3.20. The predicted molar refractivity (Wildman–Crippen MR) is 111 cm³/mol. The van der Waals surface area contributed by atoms with Crippen LogP contribution < -0.4 is 19.5 Å². The van der Waals surface area contributed by atoms with Crippen molar-refractivity contribution in [2.24, 2.45) is 0 Å². The van der Waals surface area contributed by atoms with Crippen LogP contribution in [0.15, 0.2) is 30.3 Å². The smallest absolute Gasteiger partial charge is 0.252 e. The van der Waals surface area contributed by atoms with Crippen molar-refractivity contribution in [2.45, 2.75) is 20.5 Å². The molecule has 0 atom stereocenters. The molecule has 2 N–H and O–H groups in total. The largest absolute Gasteiger partial charge is 0.496 e. The minimum Gasteiger partial charge on any atom is -0.496 e. The van der Waals surface area contributed by atoms with Crippen molar-refractivity contribution < 1.29 is 24.1 Å². The summed E-state index contributed by atoms with van der Waals surface area (Å²) < 4.78 is 16.6. The first kappa shape index (κ1) is 19.1. The van der Waals surface area contributed by atoms with Crippen molar-refractivity contribution in [3.05, 3.63) is 52.6 Å². The van der Waals surface area contributed by atoms with Gasteiger partial charge in [-0.1, -0.05) is 12.1 Å². The molecule has 29 heavy (non-hydrogen) atoms. The van der Waals surface area contributed by atoms with Crippen molar-refractivity contribution in [2.75, 3.05) is 21.0 Å². The number of aliphatic hydroxyl groups excluding tert-OH is 1. The molecule has 3 aromatic carbocycles. The highest BCUT2D eigenvalue weighted by molar-refractivity contribution is 6.13. The number of hydrogen-bond acceptors (Lipinski definition) is 5. The van der Waals surface area contributed by atoms with Gasteiger partial charge in [-0.15, -0.1) is 0 Å². The lowest BCUT2D eigenvalue weighted by molar-refractivity contribution is 0.0960. The monoisotopic (exact) mass is 393 g/mol. The van der Waals surface area contributed by atoms with Crippen LogP contribution in [-0.2, 0) is 6.61 Å². The van der Waals surface area contributed by atoms with Crippen molar-refractivity contribution in [3.8, 4) is 28.4 Å². The molecule has 4 rings (SSSR count). The van der Waals surface area contributed by atoms with Crippen LogP contribution in [0.3, 0.4) is 0 Å². The molecular formula is C23H23NO5. The van der Waals surface area contributed by atoms with E-state index in [9.17, 15) is 9.90 Å². The molecule has 1 amide bonds.